The largest absolute Gasteiger partial charge is 0.392 e. The molecular formula is C13H16F2N2O2S2. The maximum absolute atomic E-state index is 12.6. The number of alkyl halides is 2. The maximum atomic E-state index is 12.6. The molecule has 4 nitrogen and oxygen atoms in total. The first kappa shape index (κ1) is 17.7. The molecule has 116 valence electrons. The van der Waals surface area contributed by atoms with Gasteiger partial charge in [0.25, 0.3) is 6.43 Å². The Hall–Kier alpha value is -1.38. The number of rotatable bonds is 8. The van der Waals surface area contributed by atoms with Gasteiger partial charge in [-0.15, -0.1) is 6.58 Å². The molecule has 0 aliphatic heterocycles. The first-order chi connectivity index (χ1) is 9.76. The Bertz CT molecular complexity index is 618. The van der Waals surface area contributed by atoms with Crippen molar-refractivity contribution in [2.75, 3.05) is 13.1 Å². The van der Waals surface area contributed by atoms with Crippen LogP contribution in [-0.4, -0.2) is 30.8 Å². The topological polar surface area (TPSA) is 63.4 Å². The summed E-state index contributed by atoms with van der Waals surface area (Å²) in [7, 11) is -3.73. The van der Waals surface area contributed by atoms with Crippen LogP contribution in [0.3, 0.4) is 0 Å². The van der Waals surface area contributed by atoms with Gasteiger partial charge in [0.2, 0.25) is 10.0 Å². The van der Waals surface area contributed by atoms with Gasteiger partial charge in [0, 0.05) is 12.1 Å². The van der Waals surface area contributed by atoms with E-state index in [2.05, 4.69) is 6.58 Å². The second-order valence-electron chi connectivity index (χ2n) is 4.35. The van der Waals surface area contributed by atoms with Gasteiger partial charge in [0.1, 0.15) is 0 Å². The van der Waals surface area contributed by atoms with Gasteiger partial charge in [-0.3, -0.25) is 0 Å². The average Bonchev–Trinajstić information content (AvgIpc) is 2.37. The molecule has 2 N–H and O–H groups in total. The summed E-state index contributed by atoms with van der Waals surface area (Å²) in [6.07, 6.45) is -1.24. The van der Waals surface area contributed by atoms with Gasteiger partial charge in [-0.1, -0.05) is 36.5 Å². The quantitative estimate of drug-likeness (QED) is 0.585. The van der Waals surface area contributed by atoms with Crippen molar-refractivity contribution in [1.29, 1.82) is 0 Å². The summed E-state index contributed by atoms with van der Waals surface area (Å²) in [4.78, 5) is 0.0294. The summed E-state index contributed by atoms with van der Waals surface area (Å²) in [5, 5.41) is 0. The van der Waals surface area contributed by atoms with Crippen molar-refractivity contribution >= 4 is 27.2 Å². The van der Waals surface area contributed by atoms with E-state index in [-0.39, 0.29) is 29.2 Å². The first-order valence-corrected chi connectivity index (χ1v) is 8.02. The lowest BCUT2D eigenvalue weighted by Crippen LogP contribution is -2.38. The summed E-state index contributed by atoms with van der Waals surface area (Å²) in [6.45, 7) is 3.41. The Balaban J connectivity index is 2.99. The van der Waals surface area contributed by atoms with E-state index in [4.69, 9.17) is 18.0 Å². The Kier molecular flexibility index (Phi) is 6.38. The van der Waals surface area contributed by atoms with Gasteiger partial charge < -0.3 is 5.73 Å². The molecule has 0 fully saturated rings. The van der Waals surface area contributed by atoms with E-state index in [1.165, 1.54) is 30.3 Å². The second kappa shape index (κ2) is 7.58. The van der Waals surface area contributed by atoms with E-state index < -0.39 is 22.2 Å². The third kappa shape index (κ3) is 5.49. The van der Waals surface area contributed by atoms with E-state index in [0.29, 0.717) is 0 Å². The van der Waals surface area contributed by atoms with Gasteiger partial charge in [0.15, 0.2) is 0 Å². The molecular weight excluding hydrogens is 318 g/mol. The van der Waals surface area contributed by atoms with Crippen molar-refractivity contribution < 1.29 is 17.2 Å². The van der Waals surface area contributed by atoms with E-state index in [9.17, 15) is 17.2 Å². The van der Waals surface area contributed by atoms with E-state index in [0.717, 1.165) is 4.31 Å². The molecule has 0 heterocycles. The van der Waals surface area contributed by atoms with Crippen LogP contribution in [0.2, 0.25) is 0 Å². The number of thiocarbonyl (C=S) groups is 1. The number of nitrogens with zero attached hydrogens (tertiary/aromatic N) is 1. The number of halogens is 2. The highest BCUT2D eigenvalue weighted by Crippen LogP contribution is 2.21. The van der Waals surface area contributed by atoms with E-state index >= 15 is 0 Å². The molecule has 21 heavy (non-hydrogen) atoms. The molecule has 0 aromatic heterocycles. The fraction of sp³-hybridized carbons (Fsp3) is 0.308. The monoisotopic (exact) mass is 334 g/mol. The number of sulfonamides is 1. The van der Waals surface area contributed by atoms with Crippen LogP contribution in [0, 0.1) is 0 Å². The summed E-state index contributed by atoms with van der Waals surface area (Å²) < 4.78 is 50.9. The van der Waals surface area contributed by atoms with Crippen molar-refractivity contribution in [2.24, 2.45) is 5.73 Å². The lowest BCUT2D eigenvalue weighted by atomic mass is 10.1. The fourth-order valence-electron chi connectivity index (χ4n) is 1.71. The van der Waals surface area contributed by atoms with Crippen LogP contribution in [0.15, 0.2) is 36.9 Å². The molecule has 1 aromatic rings. The molecule has 0 radical (unpaired) electrons. The van der Waals surface area contributed by atoms with Gasteiger partial charge in [0.05, 0.1) is 17.3 Å². The minimum atomic E-state index is -3.73. The maximum Gasteiger partial charge on any atom is 0.263 e. The van der Waals surface area contributed by atoms with Crippen LogP contribution in [0.1, 0.15) is 17.6 Å². The van der Waals surface area contributed by atoms with Crippen LogP contribution < -0.4 is 5.73 Å². The van der Waals surface area contributed by atoms with Crippen LogP contribution in [0.4, 0.5) is 8.78 Å². The molecule has 0 bridgehead atoms. The lowest BCUT2D eigenvalue weighted by molar-refractivity contribution is 0.151. The minimum Gasteiger partial charge on any atom is -0.392 e. The summed E-state index contributed by atoms with van der Waals surface area (Å²) in [5.74, 6) is -0.399. The molecule has 8 heteroatoms. The van der Waals surface area contributed by atoms with Crippen molar-refractivity contribution in [2.45, 2.75) is 12.2 Å². The fourth-order valence-corrected chi connectivity index (χ4v) is 3.40. The first-order valence-electron chi connectivity index (χ1n) is 6.00. The zero-order chi connectivity index (χ0) is 16.0. The number of hydrogen-bond acceptors (Lipinski definition) is 3. The Morgan fingerprint density at radius 2 is 2.14 bits per heavy atom. The molecule has 0 atom stereocenters. The average molecular weight is 334 g/mol. The van der Waals surface area contributed by atoms with Crippen molar-refractivity contribution in [3.63, 3.8) is 0 Å². The lowest BCUT2D eigenvalue weighted by Gasteiger charge is -2.20. The predicted octanol–water partition coefficient (Wildman–Crippen LogP) is 2.23. The van der Waals surface area contributed by atoms with Crippen LogP contribution in [0.5, 0.6) is 0 Å². The van der Waals surface area contributed by atoms with Crippen molar-refractivity contribution in [3.8, 4) is 0 Å². The summed E-state index contributed by atoms with van der Waals surface area (Å²) >= 11 is 4.71. The van der Waals surface area contributed by atoms with Crippen LogP contribution in [0.25, 0.3) is 0 Å². The molecule has 0 aliphatic rings. The molecule has 0 saturated heterocycles. The summed E-state index contributed by atoms with van der Waals surface area (Å²) in [5.41, 5.74) is 5.44. The zero-order valence-corrected chi connectivity index (χ0v) is 12.8. The number of nitrogens with two attached hydrogens (primary N) is 1. The number of benzene rings is 1. The van der Waals surface area contributed by atoms with Crippen molar-refractivity contribution in [3.05, 3.63) is 48.0 Å². The normalized spacial score (nSPS) is 11.8. The standard InChI is InChI=1S/C13H16F2N2O2S2/c1-2-6-17(8-12(16)20)21(18,19)9-10-4-3-5-11(7-10)13(14)15/h2-5,7,13H,1,6,8-9H2,(H2,16,20). The zero-order valence-electron chi connectivity index (χ0n) is 11.2. The van der Waals surface area contributed by atoms with Gasteiger partial charge in [-0.25, -0.2) is 17.2 Å². The Labute approximate surface area is 128 Å². The highest BCUT2D eigenvalue weighted by atomic mass is 32.2. The number of hydrogen-bond donors (Lipinski definition) is 1. The third-order valence-corrected chi connectivity index (χ3v) is 4.50. The van der Waals surface area contributed by atoms with Gasteiger partial charge >= 0.3 is 0 Å². The van der Waals surface area contributed by atoms with E-state index in [1.807, 2.05) is 0 Å². The third-order valence-electron chi connectivity index (χ3n) is 2.61. The van der Waals surface area contributed by atoms with Gasteiger partial charge in [-0.2, -0.15) is 4.31 Å². The highest BCUT2D eigenvalue weighted by molar-refractivity contribution is 7.88. The second-order valence-corrected chi connectivity index (χ2v) is 6.84. The van der Waals surface area contributed by atoms with Gasteiger partial charge in [-0.05, 0) is 11.6 Å². The SMILES string of the molecule is C=CCN(CC(N)=S)S(=O)(=O)Cc1cccc(C(F)F)c1. The smallest absolute Gasteiger partial charge is 0.263 e. The Morgan fingerprint density at radius 1 is 1.48 bits per heavy atom. The molecule has 0 spiro atoms. The molecule has 1 rings (SSSR count). The summed E-state index contributed by atoms with van der Waals surface area (Å²) in [6, 6.07) is 5.31. The molecule has 0 aliphatic carbocycles. The molecule has 0 amide bonds. The van der Waals surface area contributed by atoms with Crippen molar-refractivity contribution in [1.82, 2.24) is 4.31 Å². The Morgan fingerprint density at radius 3 is 2.67 bits per heavy atom. The molecule has 0 unspecified atom stereocenters. The highest BCUT2D eigenvalue weighted by Gasteiger charge is 2.22. The molecule has 1 aromatic carbocycles. The van der Waals surface area contributed by atoms with Crippen LogP contribution >= 0.6 is 12.2 Å². The van der Waals surface area contributed by atoms with Crippen LogP contribution in [-0.2, 0) is 15.8 Å². The molecule has 0 saturated carbocycles. The van der Waals surface area contributed by atoms with E-state index in [1.54, 1.807) is 0 Å². The predicted molar refractivity (Wildman–Crippen MR) is 82.6 cm³/mol. The minimum absolute atomic E-state index is 0.0294.